The van der Waals surface area contributed by atoms with Crippen LogP contribution in [-0.2, 0) is 6.54 Å². The van der Waals surface area contributed by atoms with Crippen molar-refractivity contribution in [3.63, 3.8) is 0 Å². The highest BCUT2D eigenvalue weighted by Crippen LogP contribution is 2.31. The van der Waals surface area contributed by atoms with Crippen molar-refractivity contribution in [3.05, 3.63) is 23.8 Å². The molecule has 1 saturated carbocycles. The van der Waals surface area contributed by atoms with Crippen LogP contribution in [0.1, 0.15) is 38.2 Å². The van der Waals surface area contributed by atoms with Crippen molar-refractivity contribution in [2.75, 3.05) is 13.2 Å². The zero-order valence-corrected chi connectivity index (χ0v) is 11.7. The molecule has 3 rings (SSSR count). The molecule has 1 aliphatic carbocycles. The van der Waals surface area contributed by atoms with Gasteiger partial charge in [0.15, 0.2) is 11.5 Å². The minimum absolute atomic E-state index is 0.657. The van der Waals surface area contributed by atoms with E-state index in [0.717, 1.165) is 24.0 Å². The molecule has 19 heavy (non-hydrogen) atoms. The number of fused-ring (bicyclic) bond motifs is 1. The molecule has 1 fully saturated rings. The quantitative estimate of drug-likeness (QED) is 0.903. The zero-order chi connectivity index (χ0) is 13.1. The third-order valence-corrected chi connectivity index (χ3v) is 4.36. The minimum atomic E-state index is 0.657. The van der Waals surface area contributed by atoms with Crippen LogP contribution in [-0.4, -0.2) is 19.3 Å². The first-order valence-electron chi connectivity index (χ1n) is 7.48. The Balaban J connectivity index is 1.60. The average Bonchev–Trinajstić information content (AvgIpc) is 2.92. The van der Waals surface area contributed by atoms with Crippen LogP contribution < -0.4 is 14.8 Å². The van der Waals surface area contributed by atoms with Crippen LogP contribution in [0.15, 0.2) is 18.2 Å². The van der Waals surface area contributed by atoms with Crippen molar-refractivity contribution in [3.8, 4) is 11.5 Å². The van der Waals surface area contributed by atoms with Crippen molar-refractivity contribution < 1.29 is 9.47 Å². The Morgan fingerprint density at radius 2 is 2.00 bits per heavy atom. The maximum atomic E-state index is 5.63. The molecule has 3 heteroatoms. The van der Waals surface area contributed by atoms with Crippen molar-refractivity contribution in [1.82, 2.24) is 5.32 Å². The number of benzene rings is 1. The van der Waals surface area contributed by atoms with Crippen LogP contribution >= 0.6 is 0 Å². The third-order valence-electron chi connectivity index (χ3n) is 4.36. The van der Waals surface area contributed by atoms with Gasteiger partial charge >= 0.3 is 0 Å². The summed E-state index contributed by atoms with van der Waals surface area (Å²) in [5, 5.41) is 3.71. The van der Waals surface area contributed by atoms with E-state index in [1.54, 1.807) is 0 Å². The van der Waals surface area contributed by atoms with Crippen molar-refractivity contribution in [2.24, 2.45) is 5.92 Å². The van der Waals surface area contributed by atoms with Crippen LogP contribution in [0.25, 0.3) is 0 Å². The van der Waals surface area contributed by atoms with Gasteiger partial charge < -0.3 is 14.8 Å². The van der Waals surface area contributed by atoms with E-state index in [1.807, 2.05) is 6.07 Å². The van der Waals surface area contributed by atoms with Gasteiger partial charge in [0.1, 0.15) is 13.2 Å². The van der Waals surface area contributed by atoms with E-state index in [1.165, 1.54) is 31.2 Å². The molecule has 2 aliphatic rings. The van der Waals surface area contributed by atoms with Crippen LogP contribution in [0, 0.1) is 5.92 Å². The molecule has 0 aromatic heterocycles. The number of ether oxygens (including phenoxy) is 2. The Labute approximate surface area is 115 Å². The summed E-state index contributed by atoms with van der Waals surface area (Å²) in [4.78, 5) is 0. The predicted octanol–water partition coefficient (Wildman–Crippen LogP) is 3.13. The Bertz CT molecular complexity index is 433. The maximum absolute atomic E-state index is 5.63. The first-order chi connectivity index (χ1) is 9.36. The van der Waals surface area contributed by atoms with Gasteiger partial charge in [-0.3, -0.25) is 0 Å². The van der Waals surface area contributed by atoms with Crippen LogP contribution in [0.4, 0.5) is 0 Å². The fourth-order valence-electron chi connectivity index (χ4n) is 3.24. The summed E-state index contributed by atoms with van der Waals surface area (Å²) >= 11 is 0. The molecular weight excluding hydrogens is 238 g/mol. The molecule has 0 bridgehead atoms. The fourth-order valence-corrected chi connectivity index (χ4v) is 3.24. The molecule has 2 unspecified atom stereocenters. The summed E-state index contributed by atoms with van der Waals surface area (Å²) in [7, 11) is 0. The van der Waals surface area contributed by atoms with Gasteiger partial charge in [-0.1, -0.05) is 25.8 Å². The highest BCUT2D eigenvalue weighted by molar-refractivity contribution is 5.43. The second-order valence-corrected chi connectivity index (χ2v) is 5.56. The van der Waals surface area contributed by atoms with E-state index < -0.39 is 0 Å². The monoisotopic (exact) mass is 261 g/mol. The summed E-state index contributed by atoms with van der Waals surface area (Å²) in [6.45, 7) is 4.54. The van der Waals surface area contributed by atoms with Gasteiger partial charge in [-0.15, -0.1) is 0 Å². The van der Waals surface area contributed by atoms with E-state index in [-0.39, 0.29) is 0 Å². The molecule has 0 spiro atoms. The predicted molar refractivity (Wildman–Crippen MR) is 75.7 cm³/mol. The number of hydrogen-bond acceptors (Lipinski definition) is 3. The molecule has 0 amide bonds. The molecule has 1 aromatic carbocycles. The van der Waals surface area contributed by atoms with Gasteiger partial charge in [-0.05, 0) is 36.5 Å². The first-order valence-corrected chi connectivity index (χ1v) is 7.48. The number of hydrogen-bond donors (Lipinski definition) is 1. The van der Waals surface area contributed by atoms with Gasteiger partial charge in [0, 0.05) is 12.6 Å². The van der Waals surface area contributed by atoms with Crippen molar-refractivity contribution in [2.45, 2.75) is 45.2 Å². The third kappa shape index (κ3) is 2.86. The zero-order valence-electron chi connectivity index (χ0n) is 11.7. The second kappa shape index (κ2) is 5.83. The normalized spacial score (nSPS) is 25.5. The molecule has 1 aromatic rings. The molecule has 1 aliphatic heterocycles. The average molecular weight is 261 g/mol. The van der Waals surface area contributed by atoms with E-state index in [4.69, 9.17) is 9.47 Å². The topological polar surface area (TPSA) is 30.5 Å². The molecule has 0 radical (unpaired) electrons. The highest BCUT2D eigenvalue weighted by atomic mass is 16.6. The summed E-state index contributed by atoms with van der Waals surface area (Å²) in [6.07, 6.45) is 5.37. The number of nitrogens with one attached hydrogen (secondary N) is 1. The lowest BCUT2D eigenvalue weighted by molar-refractivity contribution is 0.171. The highest BCUT2D eigenvalue weighted by Gasteiger charge is 2.25. The first kappa shape index (κ1) is 12.8. The van der Waals surface area contributed by atoms with E-state index in [2.05, 4.69) is 24.4 Å². The smallest absolute Gasteiger partial charge is 0.161 e. The van der Waals surface area contributed by atoms with Gasteiger partial charge in [-0.25, -0.2) is 0 Å². The van der Waals surface area contributed by atoms with Crippen LogP contribution in [0.5, 0.6) is 11.5 Å². The van der Waals surface area contributed by atoms with Crippen LogP contribution in [0.2, 0.25) is 0 Å². The Kier molecular flexibility index (Phi) is 3.92. The Morgan fingerprint density at radius 3 is 2.84 bits per heavy atom. The van der Waals surface area contributed by atoms with Gasteiger partial charge in [-0.2, -0.15) is 0 Å². The molecule has 0 saturated heterocycles. The van der Waals surface area contributed by atoms with Crippen molar-refractivity contribution in [1.29, 1.82) is 0 Å². The fraction of sp³-hybridized carbons (Fsp3) is 0.625. The molecule has 104 valence electrons. The standard InChI is InChI=1S/C16H23NO2/c1-2-13-4-3-5-14(13)17-11-12-6-7-15-16(10-12)19-9-8-18-15/h6-7,10,13-14,17H,2-5,8-9,11H2,1H3. The lowest BCUT2D eigenvalue weighted by Crippen LogP contribution is -2.31. The van der Waals surface area contributed by atoms with Gasteiger partial charge in [0.05, 0.1) is 0 Å². The van der Waals surface area contributed by atoms with E-state index >= 15 is 0 Å². The summed E-state index contributed by atoms with van der Waals surface area (Å²) in [5.41, 5.74) is 1.28. The summed E-state index contributed by atoms with van der Waals surface area (Å²) in [5.74, 6) is 2.63. The van der Waals surface area contributed by atoms with Crippen molar-refractivity contribution >= 4 is 0 Å². The molecule has 2 atom stereocenters. The van der Waals surface area contributed by atoms with Crippen LogP contribution in [0.3, 0.4) is 0 Å². The molecule has 1 heterocycles. The van der Waals surface area contributed by atoms with Gasteiger partial charge in [0.2, 0.25) is 0 Å². The Morgan fingerprint density at radius 1 is 1.16 bits per heavy atom. The lowest BCUT2D eigenvalue weighted by atomic mass is 10.0. The lowest BCUT2D eigenvalue weighted by Gasteiger charge is -2.21. The second-order valence-electron chi connectivity index (χ2n) is 5.56. The molecule has 1 N–H and O–H groups in total. The summed E-state index contributed by atoms with van der Waals surface area (Å²) < 4.78 is 11.2. The largest absolute Gasteiger partial charge is 0.486 e. The van der Waals surface area contributed by atoms with E-state index in [9.17, 15) is 0 Å². The van der Waals surface area contributed by atoms with E-state index in [0.29, 0.717) is 19.3 Å². The summed E-state index contributed by atoms with van der Waals surface area (Å²) in [6, 6.07) is 6.96. The minimum Gasteiger partial charge on any atom is -0.486 e. The SMILES string of the molecule is CCC1CCCC1NCc1ccc2c(c1)OCCO2. The molecular formula is C16H23NO2. The number of rotatable bonds is 4. The maximum Gasteiger partial charge on any atom is 0.161 e. The molecule has 3 nitrogen and oxygen atoms in total. The van der Waals surface area contributed by atoms with Gasteiger partial charge in [0.25, 0.3) is 0 Å². The Hall–Kier alpha value is -1.22.